The Labute approximate surface area is 107 Å². The van der Waals surface area contributed by atoms with Gasteiger partial charge in [0.1, 0.15) is 0 Å². The van der Waals surface area contributed by atoms with Crippen LogP contribution in [0.4, 0.5) is 0 Å². The number of hydrogen-bond acceptors (Lipinski definition) is 4. The summed E-state index contributed by atoms with van der Waals surface area (Å²) in [4.78, 5) is 4.32. The maximum atomic E-state index is 5.86. The number of benzene rings is 1. The van der Waals surface area contributed by atoms with Crippen molar-refractivity contribution in [2.75, 3.05) is 0 Å². The number of nitrogens with zero attached hydrogens (tertiary/aromatic N) is 2. The van der Waals surface area contributed by atoms with Crippen molar-refractivity contribution in [3.63, 3.8) is 0 Å². The van der Waals surface area contributed by atoms with Gasteiger partial charge in [-0.2, -0.15) is 4.98 Å². The first-order valence-electron chi connectivity index (χ1n) is 6.31. The van der Waals surface area contributed by atoms with Crippen molar-refractivity contribution < 1.29 is 4.52 Å². The lowest BCUT2D eigenvalue weighted by atomic mass is 10.0. The van der Waals surface area contributed by atoms with Crippen LogP contribution >= 0.6 is 0 Å². The highest BCUT2D eigenvalue weighted by Crippen LogP contribution is 2.22. The predicted molar refractivity (Wildman–Crippen MR) is 71.0 cm³/mol. The zero-order valence-electron chi connectivity index (χ0n) is 11.1. The summed E-state index contributed by atoms with van der Waals surface area (Å²) < 4.78 is 5.23. The second kappa shape index (κ2) is 5.31. The first kappa shape index (κ1) is 12.8. The van der Waals surface area contributed by atoms with E-state index in [-0.39, 0.29) is 6.04 Å². The first-order valence-corrected chi connectivity index (χ1v) is 6.31. The van der Waals surface area contributed by atoms with Crippen LogP contribution in [-0.2, 0) is 0 Å². The molecular formula is C14H19N3O. The maximum Gasteiger partial charge on any atom is 0.257 e. The second-order valence-corrected chi connectivity index (χ2v) is 4.75. The van der Waals surface area contributed by atoms with E-state index in [0.717, 1.165) is 12.0 Å². The molecule has 1 unspecified atom stereocenters. The Bertz CT molecular complexity index is 502. The first-order chi connectivity index (χ1) is 8.61. The van der Waals surface area contributed by atoms with Crippen LogP contribution in [0.2, 0.25) is 0 Å². The minimum Gasteiger partial charge on any atom is -0.334 e. The van der Waals surface area contributed by atoms with Crippen molar-refractivity contribution in [3.8, 4) is 11.5 Å². The Kier molecular flexibility index (Phi) is 3.77. The molecule has 0 radical (unpaired) electrons. The number of rotatable bonds is 4. The maximum absolute atomic E-state index is 5.86. The molecule has 18 heavy (non-hydrogen) atoms. The zero-order valence-corrected chi connectivity index (χ0v) is 11.1. The van der Waals surface area contributed by atoms with Gasteiger partial charge >= 0.3 is 0 Å². The SMILES string of the molecule is CCC(N)c1noc(-c2ccc(C(C)C)cc2)n1. The summed E-state index contributed by atoms with van der Waals surface area (Å²) in [5.41, 5.74) is 8.09. The molecule has 2 aromatic rings. The Morgan fingerprint density at radius 3 is 2.44 bits per heavy atom. The quantitative estimate of drug-likeness (QED) is 0.897. The lowest BCUT2D eigenvalue weighted by molar-refractivity contribution is 0.415. The van der Waals surface area contributed by atoms with Gasteiger partial charge in [0.15, 0.2) is 5.82 Å². The van der Waals surface area contributed by atoms with Gasteiger partial charge in [-0.25, -0.2) is 0 Å². The monoisotopic (exact) mass is 245 g/mol. The number of hydrogen-bond donors (Lipinski definition) is 1. The normalized spacial score (nSPS) is 12.9. The average molecular weight is 245 g/mol. The minimum atomic E-state index is -0.155. The van der Waals surface area contributed by atoms with E-state index in [9.17, 15) is 0 Å². The fourth-order valence-electron chi connectivity index (χ4n) is 1.70. The molecule has 2 rings (SSSR count). The molecule has 0 aliphatic carbocycles. The van der Waals surface area contributed by atoms with Crippen molar-refractivity contribution in [2.24, 2.45) is 5.73 Å². The zero-order chi connectivity index (χ0) is 13.1. The summed E-state index contributed by atoms with van der Waals surface area (Å²) in [5.74, 6) is 1.62. The molecule has 0 bridgehead atoms. The van der Waals surface area contributed by atoms with E-state index in [1.54, 1.807) is 0 Å². The van der Waals surface area contributed by atoms with Crippen LogP contribution in [0.15, 0.2) is 28.8 Å². The molecule has 0 amide bonds. The smallest absolute Gasteiger partial charge is 0.257 e. The highest BCUT2D eigenvalue weighted by molar-refractivity contribution is 5.53. The van der Waals surface area contributed by atoms with Gasteiger partial charge in [-0.1, -0.05) is 38.1 Å². The van der Waals surface area contributed by atoms with Crippen LogP contribution in [-0.4, -0.2) is 10.1 Å². The second-order valence-electron chi connectivity index (χ2n) is 4.75. The van der Waals surface area contributed by atoms with Gasteiger partial charge in [0.05, 0.1) is 6.04 Å². The Hall–Kier alpha value is -1.68. The highest BCUT2D eigenvalue weighted by Gasteiger charge is 2.13. The number of aromatic nitrogens is 2. The van der Waals surface area contributed by atoms with E-state index in [4.69, 9.17) is 10.3 Å². The van der Waals surface area contributed by atoms with Crippen LogP contribution in [0, 0.1) is 0 Å². The molecule has 0 fully saturated rings. The van der Waals surface area contributed by atoms with Crippen molar-refractivity contribution in [1.29, 1.82) is 0 Å². The van der Waals surface area contributed by atoms with Gasteiger partial charge in [0, 0.05) is 5.56 Å². The van der Waals surface area contributed by atoms with Crippen LogP contribution in [0.25, 0.3) is 11.5 Å². The summed E-state index contributed by atoms with van der Waals surface area (Å²) in [7, 11) is 0. The fraction of sp³-hybridized carbons (Fsp3) is 0.429. The molecule has 4 heteroatoms. The Morgan fingerprint density at radius 2 is 1.89 bits per heavy atom. The van der Waals surface area contributed by atoms with Crippen molar-refractivity contribution in [2.45, 2.75) is 39.2 Å². The molecule has 1 aromatic carbocycles. The van der Waals surface area contributed by atoms with E-state index in [1.165, 1.54) is 5.56 Å². The van der Waals surface area contributed by atoms with E-state index in [1.807, 2.05) is 19.1 Å². The van der Waals surface area contributed by atoms with Gasteiger partial charge in [-0.05, 0) is 30.0 Å². The van der Waals surface area contributed by atoms with Crippen LogP contribution in [0.3, 0.4) is 0 Å². The van der Waals surface area contributed by atoms with Gasteiger partial charge in [-0.15, -0.1) is 0 Å². The highest BCUT2D eigenvalue weighted by atomic mass is 16.5. The minimum absolute atomic E-state index is 0.155. The molecule has 1 heterocycles. The van der Waals surface area contributed by atoms with Gasteiger partial charge in [0.2, 0.25) is 0 Å². The Balaban J connectivity index is 2.23. The van der Waals surface area contributed by atoms with E-state index >= 15 is 0 Å². The molecule has 2 N–H and O–H groups in total. The standard InChI is InChI=1S/C14H19N3O/c1-4-12(15)13-16-14(18-17-13)11-7-5-10(6-8-11)9(2)3/h5-9,12H,4,15H2,1-3H3. The van der Waals surface area contributed by atoms with Gasteiger partial charge in [-0.3, -0.25) is 0 Å². The molecule has 96 valence electrons. The third-order valence-corrected chi connectivity index (χ3v) is 3.04. The molecule has 1 aromatic heterocycles. The van der Waals surface area contributed by atoms with Gasteiger partial charge < -0.3 is 10.3 Å². The van der Waals surface area contributed by atoms with Crippen molar-refractivity contribution >= 4 is 0 Å². The molecule has 0 aliphatic rings. The van der Waals surface area contributed by atoms with Crippen LogP contribution < -0.4 is 5.73 Å². The van der Waals surface area contributed by atoms with E-state index in [0.29, 0.717) is 17.6 Å². The van der Waals surface area contributed by atoms with Gasteiger partial charge in [0.25, 0.3) is 5.89 Å². The molecule has 0 spiro atoms. The predicted octanol–water partition coefficient (Wildman–Crippen LogP) is 3.27. The molecule has 0 saturated heterocycles. The van der Waals surface area contributed by atoms with Crippen molar-refractivity contribution in [3.05, 3.63) is 35.7 Å². The summed E-state index contributed by atoms with van der Waals surface area (Å²) in [6.45, 7) is 6.33. The molecule has 0 saturated carbocycles. The largest absolute Gasteiger partial charge is 0.334 e. The Morgan fingerprint density at radius 1 is 1.22 bits per heavy atom. The third-order valence-electron chi connectivity index (χ3n) is 3.04. The lowest BCUT2D eigenvalue weighted by Crippen LogP contribution is -2.10. The molecular weight excluding hydrogens is 226 g/mol. The number of nitrogens with two attached hydrogens (primary N) is 1. The van der Waals surface area contributed by atoms with Crippen LogP contribution in [0.5, 0.6) is 0 Å². The summed E-state index contributed by atoms with van der Waals surface area (Å²) in [6.07, 6.45) is 0.797. The third kappa shape index (κ3) is 2.59. The topological polar surface area (TPSA) is 64.9 Å². The average Bonchev–Trinajstić information content (AvgIpc) is 2.87. The summed E-state index contributed by atoms with van der Waals surface area (Å²) in [5, 5.41) is 3.91. The molecule has 4 nitrogen and oxygen atoms in total. The molecule has 0 aliphatic heterocycles. The van der Waals surface area contributed by atoms with Crippen LogP contribution in [0.1, 0.15) is 50.5 Å². The fourth-order valence-corrected chi connectivity index (χ4v) is 1.70. The van der Waals surface area contributed by atoms with E-state index in [2.05, 4.69) is 36.1 Å². The molecule has 1 atom stereocenters. The summed E-state index contributed by atoms with van der Waals surface area (Å²) in [6, 6.07) is 8.03. The lowest BCUT2D eigenvalue weighted by Gasteiger charge is -2.04. The van der Waals surface area contributed by atoms with E-state index < -0.39 is 0 Å². The van der Waals surface area contributed by atoms with Crippen molar-refractivity contribution in [1.82, 2.24) is 10.1 Å². The summed E-state index contributed by atoms with van der Waals surface area (Å²) >= 11 is 0.